The average Bonchev–Trinajstić information content (AvgIpc) is 2.67. The van der Waals surface area contributed by atoms with Gasteiger partial charge < -0.3 is 20.2 Å². The van der Waals surface area contributed by atoms with Crippen LogP contribution in [0.5, 0.6) is 5.75 Å². The Hall–Kier alpha value is -3.68. The number of hydrogen-bond acceptors (Lipinski definition) is 5. The number of nitrogens with two attached hydrogens (primary N) is 1. The fourth-order valence-electron chi connectivity index (χ4n) is 2.79. The third-order valence-corrected chi connectivity index (χ3v) is 4.22. The van der Waals surface area contributed by atoms with Gasteiger partial charge in [0.25, 0.3) is 5.91 Å². The van der Waals surface area contributed by atoms with Crippen molar-refractivity contribution in [3.8, 4) is 5.75 Å². The Balaban J connectivity index is 1.90. The van der Waals surface area contributed by atoms with Gasteiger partial charge in [0.05, 0.1) is 7.11 Å². The Morgan fingerprint density at radius 1 is 1.18 bits per heavy atom. The zero-order valence-corrected chi connectivity index (χ0v) is 14.9. The van der Waals surface area contributed by atoms with Crippen LogP contribution in [0, 0.1) is 5.82 Å². The summed E-state index contributed by atoms with van der Waals surface area (Å²) in [5, 5.41) is 3.10. The summed E-state index contributed by atoms with van der Waals surface area (Å²) in [6.45, 7) is 0. The van der Waals surface area contributed by atoms with Crippen LogP contribution in [0.1, 0.15) is 15.9 Å². The van der Waals surface area contributed by atoms with Gasteiger partial charge in [0.2, 0.25) is 5.91 Å². The lowest BCUT2D eigenvalue weighted by Gasteiger charge is -2.16. The predicted octanol–water partition coefficient (Wildman–Crippen LogP) is 1.77. The van der Waals surface area contributed by atoms with Crippen LogP contribution in [-0.4, -0.2) is 25.0 Å². The van der Waals surface area contributed by atoms with Crippen molar-refractivity contribution < 1.29 is 23.1 Å². The van der Waals surface area contributed by atoms with Gasteiger partial charge in [-0.1, -0.05) is 0 Å². The minimum Gasteiger partial charge on any atom is -0.497 e. The Labute approximate surface area is 158 Å². The molecule has 2 aromatic carbocycles. The van der Waals surface area contributed by atoms with E-state index in [2.05, 4.69) is 5.32 Å². The summed E-state index contributed by atoms with van der Waals surface area (Å²) in [6, 6.07) is 9.95. The van der Waals surface area contributed by atoms with Gasteiger partial charge in [0.1, 0.15) is 23.2 Å². The molecule has 1 aromatic heterocycles. The Morgan fingerprint density at radius 2 is 1.89 bits per heavy atom. The van der Waals surface area contributed by atoms with Gasteiger partial charge in [0.15, 0.2) is 0 Å². The molecule has 1 heterocycles. The van der Waals surface area contributed by atoms with Gasteiger partial charge in [-0.3, -0.25) is 9.59 Å². The second-order valence-corrected chi connectivity index (χ2v) is 6.09. The smallest absolute Gasteiger partial charge is 0.336 e. The lowest BCUT2D eigenvalue weighted by molar-refractivity contribution is -0.119. The van der Waals surface area contributed by atoms with Gasteiger partial charge in [0, 0.05) is 29.5 Å². The lowest BCUT2D eigenvalue weighted by Crippen LogP contribution is -2.46. The molecule has 1 atom stereocenters. The number of hydrogen-bond donors (Lipinski definition) is 2. The number of carbonyl (C=O) groups is 2. The number of fused-ring (bicyclic) bond motifs is 1. The molecule has 3 aromatic rings. The third-order valence-electron chi connectivity index (χ3n) is 4.22. The Kier molecular flexibility index (Phi) is 5.39. The van der Waals surface area contributed by atoms with Gasteiger partial charge in [-0.15, -0.1) is 0 Å². The summed E-state index contributed by atoms with van der Waals surface area (Å²) in [6.07, 6.45) is -0.0172. The highest BCUT2D eigenvalue weighted by atomic mass is 19.1. The zero-order chi connectivity index (χ0) is 20.3. The topological polar surface area (TPSA) is 112 Å². The van der Waals surface area contributed by atoms with Gasteiger partial charge in [-0.25, -0.2) is 9.18 Å². The molecule has 0 fully saturated rings. The third kappa shape index (κ3) is 4.17. The van der Waals surface area contributed by atoms with E-state index in [1.54, 1.807) is 18.2 Å². The van der Waals surface area contributed by atoms with E-state index in [-0.39, 0.29) is 17.6 Å². The summed E-state index contributed by atoms with van der Waals surface area (Å²) in [5.41, 5.74) is 5.77. The van der Waals surface area contributed by atoms with Gasteiger partial charge in [-0.05, 0) is 42.0 Å². The van der Waals surface area contributed by atoms with E-state index in [0.29, 0.717) is 16.7 Å². The van der Waals surface area contributed by atoms with Crippen molar-refractivity contribution in [2.45, 2.75) is 12.5 Å². The van der Waals surface area contributed by atoms with Crippen molar-refractivity contribution in [1.29, 1.82) is 0 Å². The average molecular weight is 384 g/mol. The summed E-state index contributed by atoms with van der Waals surface area (Å²) >= 11 is 0. The molecule has 144 valence electrons. The van der Waals surface area contributed by atoms with Crippen molar-refractivity contribution in [3.63, 3.8) is 0 Å². The van der Waals surface area contributed by atoms with Crippen LogP contribution in [-0.2, 0) is 11.2 Å². The fraction of sp³-hybridized carbons (Fsp3) is 0.150. The lowest BCUT2D eigenvalue weighted by atomic mass is 10.0. The minimum absolute atomic E-state index is 0.0172. The van der Waals surface area contributed by atoms with Crippen molar-refractivity contribution in [2.24, 2.45) is 5.73 Å². The standard InChI is InChI=1S/C20H17FN2O5/c1-27-14-6-7-15-12(9-18(24)28-17(15)10-14)8-16(19(22)25)23-20(26)11-2-4-13(21)5-3-11/h2-7,9-10,16H,8H2,1H3,(H2,22,25)(H,23,26)/t16-/m0/s1. The highest BCUT2D eigenvalue weighted by Crippen LogP contribution is 2.23. The molecule has 0 saturated carbocycles. The van der Waals surface area contributed by atoms with Crippen LogP contribution >= 0.6 is 0 Å². The first-order valence-corrected chi connectivity index (χ1v) is 8.34. The molecule has 0 spiro atoms. The molecular formula is C20H17FN2O5. The molecule has 7 nitrogen and oxygen atoms in total. The molecule has 2 amide bonds. The Bertz CT molecular complexity index is 1090. The molecule has 3 rings (SSSR count). The quantitative estimate of drug-likeness (QED) is 0.629. The number of ether oxygens (including phenoxy) is 1. The van der Waals surface area contributed by atoms with E-state index in [1.807, 2.05) is 0 Å². The van der Waals surface area contributed by atoms with Crippen LogP contribution in [0.25, 0.3) is 11.0 Å². The highest BCUT2D eigenvalue weighted by Gasteiger charge is 2.21. The summed E-state index contributed by atoms with van der Waals surface area (Å²) in [4.78, 5) is 36.1. The number of amides is 2. The minimum atomic E-state index is -1.08. The fourth-order valence-corrected chi connectivity index (χ4v) is 2.79. The second-order valence-electron chi connectivity index (χ2n) is 6.09. The molecule has 0 aliphatic rings. The highest BCUT2D eigenvalue weighted by molar-refractivity contribution is 5.97. The van der Waals surface area contributed by atoms with E-state index in [9.17, 15) is 18.8 Å². The SMILES string of the molecule is COc1ccc2c(C[C@H](NC(=O)c3ccc(F)cc3)C(N)=O)cc(=O)oc2c1. The van der Waals surface area contributed by atoms with Crippen LogP contribution in [0.2, 0.25) is 0 Å². The maximum absolute atomic E-state index is 13.0. The first-order valence-electron chi connectivity index (χ1n) is 8.34. The Morgan fingerprint density at radius 3 is 2.54 bits per heavy atom. The monoisotopic (exact) mass is 384 g/mol. The molecule has 28 heavy (non-hydrogen) atoms. The summed E-state index contributed by atoms with van der Waals surface area (Å²) in [7, 11) is 1.48. The number of halogens is 1. The van der Waals surface area contributed by atoms with Gasteiger partial charge in [-0.2, -0.15) is 0 Å². The van der Waals surface area contributed by atoms with E-state index < -0.39 is 29.3 Å². The maximum atomic E-state index is 13.0. The van der Waals surface area contributed by atoms with Crippen LogP contribution in [0.15, 0.2) is 57.7 Å². The van der Waals surface area contributed by atoms with Crippen LogP contribution in [0.4, 0.5) is 4.39 Å². The van der Waals surface area contributed by atoms with E-state index >= 15 is 0 Å². The summed E-state index contributed by atoms with van der Waals surface area (Å²) in [5.74, 6) is -1.34. The predicted molar refractivity (Wildman–Crippen MR) is 99.6 cm³/mol. The van der Waals surface area contributed by atoms with E-state index in [4.69, 9.17) is 14.9 Å². The second kappa shape index (κ2) is 7.91. The number of methoxy groups -OCH3 is 1. The van der Waals surface area contributed by atoms with Crippen molar-refractivity contribution in [2.75, 3.05) is 7.11 Å². The van der Waals surface area contributed by atoms with Crippen molar-refractivity contribution >= 4 is 22.8 Å². The molecular weight excluding hydrogens is 367 g/mol. The molecule has 3 N–H and O–H groups in total. The van der Waals surface area contributed by atoms with E-state index in [1.165, 1.54) is 25.3 Å². The van der Waals surface area contributed by atoms with Gasteiger partial charge >= 0.3 is 5.63 Å². The molecule has 0 saturated heterocycles. The van der Waals surface area contributed by atoms with Crippen LogP contribution in [0.3, 0.4) is 0 Å². The van der Waals surface area contributed by atoms with Crippen LogP contribution < -0.4 is 21.4 Å². The maximum Gasteiger partial charge on any atom is 0.336 e. The molecule has 8 heteroatoms. The number of nitrogens with one attached hydrogen (secondary N) is 1. The number of benzene rings is 2. The normalized spacial score (nSPS) is 11.8. The number of rotatable bonds is 6. The first-order chi connectivity index (χ1) is 13.4. The molecule has 0 bridgehead atoms. The zero-order valence-electron chi connectivity index (χ0n) is 14.9. The molecule has 0 radical (unpaired) electrons. The molecule has 0 aliphatic heterocycles. The number of carbonyl (C=O) groups excluding carboxylic acids is 2. The van der Waals surface area contributed by atoms with Crippen molar-refractivity contribution in [1.82, 2.24) is 5.32 Å². The summed E-state index contributed by atoms with van der Waals surface area (Å²) < 4.78 is 23.3. The largest absolute Gasteiger partial charge is 0.497 e. The molecule has 0 aliphatic carbocycles. The van der Waals surface area contributed by atoms with E-state index in [0.717, 1.165) is 12.1 Å². The van der Waals surface area contributed by atoms with Crippen molar-refractivity contribution in [3.05, 3.63) is 75.9 Å². The first kappa shape index (κ1) is 19.1. The molecule has 0 unspecified atom stereocenters. The number of primary amides is 1.